The highest BCUT2D eigenvalue weighted by Gasteiger charge is 2.68. The van der Waals surface area contributed by atoms with Crippen molar-refractivity contribution in [2.24, 2.45) is 50.2 Å². The number of fused-ring (bicyclic) bond motifs is 7. The molecule has 0 heterocycles. The number of unbranched alkanes of at least 4 members (excludes halogenated alkanes) is 12. The number of carbonyl (C=O) groups excluding carboxylic acids is 2. The second kappa shape index (κ2) is 15.5. The second-order valence-electron chi connectivity index (χ2n) is 20.4. The molecule has 5 aliphatic rings. The van der Waals surface area contributed by atoms with E-state index in [9.17, 15) is 9.59 Å². The van der Waals surface area contributed by atoms with E-state index in [0.717, 1.165) is 57.8 Å². The van der Waals surface area contributed by atoms with Gasteiger partial charge in [0.05, 0.1) is 0 Å². The third-order valence-electron chi connectivity index (χ3n) is 16.6. The highest BCUT2D eigenvalue weighted by Crippen LogP contribution is 2.75. The van der Waals surface area contributed by atoms with Crippen LogP contribution in [0.3, 0.4) is 0 Å². The van der Waals surface area contributed by atoms with E-state index in [-0.39, 0.29) is 39.1 Å². The third-order valence-corrected chi connectivity index (χ3v) is 16.6. The maximum absolute atomic E-state index is 13.2. The summed E-state index contributed by atoms with van der Waals surface area (Å²) in [6.45, 7) is 19.9. The van der Waals surface area contributed by atoms with Crippen LogP contribution in [0.15, 0.2) is 11.6 Å². The van der Waals surface area contributed by atoms with Crippen molar-refractivity contribution in [3.05, 3.63) is 11.6 Å². The van der Waals surface area contributed by atoms with Crippen molar-refractivity contribution in [2.45, 2.75) is 216 Å². The van der Waals surface area contributed by atoms with Gasteiger partial charge in [-0.3, -0.25) is 4.79 Å². The molecule has 0 aromatic rings. The Labute approximate surface area is 303 Å². The van der Waals surface area contributed by atoms with E-state index >= 15 is 0 Å². The van der Waals surface area contributed by atoms with Crippen LogP contribution in [0.4, 0.5) is 0 Å². The van der Waals surface area contributed by atoms with Gasteiger partial charge < -0.3 is 9.53 Å². The summed E-state index contributed by atoms with van der Waals surface area (Å²) in [5.74, 6) is 1.65. The van der Waals surface area contributed by atoms with Crippen LogP contribution in [0.1, 0.15) is 209 Å². The van der Waals surface area contributed by atoms with Gasteiger partial charge in [0, 0.05) is 17.3 Å². The number of carbonyl (C=O) groups is 2. The van der Waals surface area contributed by atoms with Gasteiger partial charge in [-0.05, 0) is 110 Å². The topological polar surface area (TPSA) is 43.4 Å². The van der Waals surface area contributed by atoms with Gasteiger partial charge in [0.2, 0.25) is 0 Å². The highest BCUT2D eigenvalue weighted by atomic mass is 16.5. The Balaban J connectivity index is 1.13. The largest absolute Gasteiger partial charge is 0.462 e. The lowest BCUT2D eigenvalue weighted by atomic mass is 9.33. The zero-order valence-electron chi connectivity index (χ0n) is 33.7. The minimum Gasteiger partial charge on any atom is -0.462 e. The van der Waals surface area contributed by atoms with E-state index in [1.165, 1.54) is 96.2 Å². The summed E-state index contributed by atoms with van der Waals surface area (Å²) in [5.41, 5.74) is 2.46. The lowest BCUT2D eigenvalue weighted by Crippen LogP contribution is -2.65. The zero-order chi connectivity index (χ0) is 35.6. The fraction of sp³-hybridized carbons (Fsp3) is 0.913. The third kappa shape index (κ3) is 7.54. The molecule has 4 saturated carbocycles. The number of allylic oxidation sites excluding steroid dienone is 2. The van der Waals surface area contributed by atoms with Crippen LogP contribution in [0, 0.1) is 50.2 Å². The maximum atomic E-state index is 13.2. The molecule has 0 saturated heterocycles. The Bertz CT molecular complexity index is 1160. The van der Waals surface area contributed by atoms with Crippen molar-refractivity contribution in [3.8, 4) is 0 Å². The molecule has 280 valence electrons. The van der Waals surface area contributed by atoms with Crippen LogP contribution in [0.25, 0.3) is 0 Å². The van der Waals surface area contributed by atoms with Crippen molar-refractivity contribution in [1.29, 1.82) is 0 Å². The molecule has 5 rings (SSSR count). The van der Waals surface area contributed by atoms with Crippen LogP contribution in [0.5, 0.6) is 0 Å². The molecule has 0 aromatic carbocycles. The first-order chi connectivity index (χ1) is 23.2. The Morgan fingerprint density at radius 1 is 0.735 bits per heavy atom. The summed E-state index contributed by atoms with van der Waals surface area (Å²) in [7, 11) is 0. The molecule has 0 amide bonds. The molecule has 3 heteroatoms. The number of hydrogen-bond acceptors (Lipinski definition) is 3. The molecule has 3 nitrogen and oxygen atoms in total. The number of hydrogen-bond donors (Lipinski definition) is 0. The van der Waals surface area contributed by atoms with Gasteiger partial charge >= 0.3 is 5.97 Å². The van der Waals surface area contributed by atoms with Gasteiger partial charge in [0.25, 0.3) is 0 Å². The SMILES string of the molecule is CCCCCCCCCCCCCCCC(=O)OC1CCC2(C)C(CCC3(C)C2CC=C2C4CC(C)(C)CCC4(C=O)CCC23C)C1(C)C. The molecule has 8 atom stereocenters. The lowest BCUT2D eigenvalue weighted by molar-refractivity contribution is -0.212. The second-order valence-corrected chi connectivity index (χ2v) is 20.4. The smallest absolute Gasteiger partial charge is 0.306 e. The summed E-state index contributed by atoms with van der Waals surface area (Å²) in [5, 5.41) is 0. The van der Waals surface area contributed by atoms with Crippen LogP contribution in [-0.2, 0) is 14.3 Å². The number of esters is 1. The number of ether oxygens (including phenoxy) is 1. The van der Waals surface area contributed by atoms with Gasteiger partial charge in [-0.25, -0.2) is 0 Å². The lowest BCUT2D eigenvalue weighted by Gasteiger charge is -2.71. The number of aldehydes is 1. The molecule has 4 fully saturated rings. The van der Waals surface area contributed by atoms with E-state index in [1.54, 1.807) is 5.57 Å². The predicted molar refractivity (Wildman–Crippen MR) is 205 cm³/mol. The molecule has 0 bridgehead atoms. The molecule has 49 heavy (non-hydrogen) atoms. The van der Waals surface area contributed by atoms with E-state index < -0.39 is 0 Å². The fourth-order valence-electron chi connectivity index (χ4n) is 13.2. The van der Waals surface area contributed by atoms with E-state index in [0.29, 0.717) is 29.6 Å². The summed E-state index contributed by atoms with van der Waals surface area (Å²) < 4.78 is 6.39. The van der Waals surface area contributed by atoms with E-state index in [4.69, 9.17) is 4.74 Å². The molecule has 0 N–H and O–H groups in total. The molecule has 0 aliphatic heterocycles. The van der Waals surface area contributed by atoms with Crippen molar-refractivity contribution in [2.75, 3.05) is 0 Å². The quantitative estimate of drug-likeness (QED) is 0.0706. The minimum atomic E-state index is -0.137. The fourth-order valence-corrected chi connectivity index (χ4v) is 13.2. The van der Waals surface area contributed by atoms with Crippen molar-refractivity contribution >= 4 is 12.3 Å². The highest BCUT2D eigenvalue weighted by molar-refractivity contribution is 5.69. The van der Waals surface area contributed by atoms with E-state index in [1.807, 2.05) is 0 Å². The average Bonchev–Trinajstić information content (AvgIpc) is 3.05. The van der Waals surface area contributed by atoms with Gasteiger partial charge in [0.15, 0.2) is 0 Å². The monoisotopic (exact) mass is 679 g/mol. The molecule has 0 aromatic heterocycles. The predicted octanol–water partition coefficient (Wildman–Crippen LogP) is 13.4. The Hall–Kier alpha value is -1.12. The number of rotatable bonds is 16. The molecular weight excluding hydrogens is 601 g/mol. The summed E-state index contributed by atoms with van der Waals surface area (Å²) in [4.78, 5) is 26.0. The van der Waals surface area contributed by atoms with Crippen LogP contribution in [-0.4, -0.2) is 18.4 Å². The standard InChI is InChI=1S/C46H78O3/c1-9-10-11-12-13-14-15-16-17-18-19-20-21-22-40(48)49-39-26-27-43(6)37(42(39,4)5)25-28-45(8)38(43)24-23-35-36-33-41(2,3)29-31-46(36,34-47)32-30-44(35,45)7/h23,34,36-39H,9-22,24-33H2,1-8H3. The summed E-state index contributed by atoms with van der Waals surface area (Å²) in [6.07, 6.45) is 33.3. The van der Waals surface area contributed by atoms with E-state index in [2.05, 4.69) is 61.5 Å². The molecule has 0 spiro atoms. The van der Waals surface area contributed by atoms with Gasteiger partial charge in [0.1, 0.15) is 12.4 Å². The molecule has 5 aliphatic carbocycles. The minimum absolute atomic E-state index is 0.0164. The summed E-state index contributed by atoms with van der Waals surface area (Å²) in [6, 6.07) is 0. The first-order valence-corrected chi connectivity index (χ1v) is 21.6. The Kier molecular flexibility index (Phi) is 12.3. The van der Waals surface area contributed by atoms with Gasteiger partial charge in [-0.15, -0.1) is 0 Å². The van der Waals surface area contributed by atoms with Gasteiger partial charge in [-0.1, -0.05) is 144 Å². The Morgan fingerprint density at radius 3 is 1.94 bits per heavy atom. The average molecular weight is 679 g/mol. The van der Waals surface area contributed by atoms with Crippen molar-refractivity contribution in [1.82, 2.24) is 0 Å². The molecule has 0 radical (unpaired) electrons. The van der Waals surface area contributed by atoms with Crippen LogP contribution in [0.2, 0.25) is 0 Å². The first-order valence-electron chi connectivity index (χ1n) is 21.6. The van der Waals surface area contributed by atoms with Gasteiger partial charge in [-0.2, -0.15) is 0 Å². The summed E-state index contributed by atoms with van der Waals surface area (Å²) >= 11 is 0. The van der Waals surface area contributed by atoms with Crippen molar-refractivity contribution in [3.63, 3.8) is 0 Å². The first kappa shape index (κ1) is 39.1. The van der Waals surface area contributed by atoms with Crippen molar-refractivity contribution < 1.29 is 14.3 Å². The molecule has 8 unspecified atom stereocenters. The Morgan fingerprint density at radius 2 is 1.33 bits per heavy atom. The zero-order valence-corrected chi connectivity index (χ0v) is 33.7. The van der Waals surface area contributed by atoms with Crippen LogP contribution < -0.4 is 0 Å². The normalized spacial score (nSPS) is 39.1. The maximum Gasteiger partial charge on any atom is 0.306 e. The molecular formula is C46H78O3. The van der Waals surface area contributed by atoms with Crippen LogP contribution >= 0.6 is 0 Å².